The predicted molar refractivity (Wildman–Crippen MR) is 78.9 cm³/mol. The summed E-state index contributed by atoms with van der Waals surface area (Å²) in [7, 11) is 0. The monoisotopic (exact) mass is 318 g/mol. The van der Waals surface area contributed by atoms with Crippen molar-refractivity contribution >= 4 is 15.9 Å². The second-order valence-corrected chi connectivity index (χ2v) is 5.62. The van der Waals surface area contributed by atoms with Gasteiger partial charge in [0.25, 0.3) is 0 Å². The molecule has 0 atom stereocenters. The molecule has 1 aliphatic rings. The van der Waals surface area contributed by atoms with Crippen LogP contribution in [0.4, 0.5) is 0 Å². The minimum Gasteiger partial charge on any atom is -0.493 e. The van der Waals surface area contributed by atoms with Gasteiger partial charge < -0.3 is 9.47 Å². The van der Waals surface area contributed by atoms with E-state index in [0.717, 1.165) is 40.1 Å². The van der Waals surface area contributed by atoms with Crippen LogP contribution in [0.5, 0.6) is 11.5 Å². The summed E-state index contributed by atoms with van der Waals surface area (Å²) in [5, 5.41) is 0. The highest BCUT2D eigenvalue weighted by atomic mass is 79.9. The molecule has 1 aliphatic heterocycles. The molecule has 0 spiro atoms. The lowest BCUT2D eigenvalue weighted by Gasteiger charge is -2.12. The third-order valence-corrected chi connectivity index (χ3v) is 3.76. The lowest BCUT2D eigenvalue weighted by atomic mass is 10.1. The molecular formula is C16H15BrO2. The predicted octanol–water partition coefficient (Wildman–Crippen LogP) is 4.27. The number of hydrogen-bond acceptors (Lipinski definition) is 2. The molecule has 0 bridgehead atoms. The molecule has 0 aromatic heterocycles. The first kappa shape index (κ1) is 12.5. The molecule has 0 aliphatic carbocycles. The van der Waals surface area contributed by atoms with Crippen molar-refractivity contribution in [2.24, 2.45) is 0 Å². The van der Waals surface area contributed by atoms with Crippen molar-refractivity contribution < 1.29 is 9.47 Å². The number of ether oxygens (including phenoxy) is 2. The third kappa shape index (κ3) is 2.61. The maximum Gasteiger partial charge on any atom is 0.129 e. The summed E-state index contributed by atoms with van der Waals surface area (Å²) in [6.45, 7) is 3.35. The molecule has 2 aromatic carbocycles. The lowest BCUT2D eigenvalue weighted by molar-refractivity contribution is 0.290. The van der Waals surface area contributed by atoms with Gasteiger partial charge in [-0.3, -0.25) is 0 Å². The number of benzene rings is 2. The van der Waals surface area contributed by atoms with E-state index in [1.165, 1.54) is 5.56 Å². The number of para-hydroxylation sites is 1. The first-order valence-electron chi connectivity index (χ1n) is 6.36. The van der Waals surface area contributed by atoms with Crippen LogP contribution in [0.2, 0.25) is 0 Å². The van der Waals surface area contributed by atoms with Crippen LogP contribution >= 0.6 is 15.9 Å². The second kappa shape index (κ2) is 5.25. The van der Waals surface area contributed by atoms with E-state index in [4.69, 9.17) is 9.47 Å². The Labute approximate surface area is 121 Å². The Kier molecular flexibility index (Phi) is 3.47. The van der Waals surface area contributed by atoms with Crippen LogP contribution in [-0.2, 0) is 13.0 Å². The Morgan fingerprint density at radius 2 is 2.11 bits per heavy atom. The third-order valence-electron chi connectivity index (χ3n) is 3.30. The maximum atomic E-state index is 5.90. The van der Waals surface area contributed by atoms with Gasteiger partial charge in [-0.15, -0.1) is 0 Å². The van der Waals surface area contributed by atoms with Gasteiger partial charge in [-0.2, -0.15) is 0 Å². The number of hydrogen-bond donors (Lipinski definition) is 0. The van der Waals surface area contributed by atoms with E-state index in [0.29, 0.717) is 6.61 Å². The fourth-order valence-corrected chi connectivity index (χ4v) is 2.88. The average Bonchev–Trinajstić information content (AvgIpc) is 2.85. The normalized spacial score (nSPS) is 12.9. The topological polar surface area (TPSA) is 18.5 Å². The summed E-state index contributed by atoms with van der Waals surface area (Å²) in [5.41, 5.74) is 3.51. The highest BCUT2D eigenvalue weighted by molar-refractivity contribution is 9.10. The zero-order valence-corrected chi connectivity index (χ0v) is 12.4. The number of fused-ring (bicyclic) bond motifs is 1. The second-order valence-electron chi connectivity index (χ2n) is 4.71. The Hall–Kier alpha value is -1.48. The van der Waals surface area contributed by atoms with Crippen LogP contribution in [0.1, 0.15) is 16.7 Å². The molecule has 0 saturated carbocycles. The highest BCUT2D eigenvalue weighted by Crippen LogP contribution is 2.33. The van der Waals surface area contributed by atoms with Gasteiger partial charge >= 0.3 is 0 Å². The SMILES string of the molecule is Cc1ccccc1OCc1cc(Br)cc2c1OCC2. The van der Waals surface area contributed by atoms with E-state index in [-0.39, 0.29) is 0 Å². The summed E-state index contributed by atoms with van der Waals surface area (Å²) in [6, 6.07) is 12.2. The zero-order valence-electron chi connectivity index (χ0n) is 10.8. The van der Waals surface area contributed by atoms with Crippen LogP contribution in [-0.4, -0.2) is 6.61 Å². The molecule has 0 fully saturated rings. The van der Waals surface area contributed by atoms with Crippen molar-refractivity contribution in [2.75, 3.05) is 6.61 Å². The van der Waals surface area contributed by atoms with Gasteiger partial charge in [0, 0.05) is 16.5 Å². The number of aryl methyl sites for hydroxylation is 1. The van der Waals surface area contributed by atoms with Crippen molar-refractivity contribution in [3.05, 3.63) is 57.6 Å². The van der Waals surface area contributed by atoms with Crippen LogP contribution in [0.3, 0.4) is 0 Å². The van der Waals surface area contributed by atoms with Gasteiger partial charge in [-0.25, -0.2) is 0 Å². The highest BCUT2D eigenvalue weighted by Gasteiger charge is 2.17. The van der Waals surface area contributed by atoms with Crippen molar-refractivity contribution in [1.29, 1.82) is 0 Å². The summed E-state index contributed by atoms with van der Waals surface area (Å²) in [4.78, 5) is 0. The minimum atomic E-state index is 0.534. The molecule has 0 saturated heterocycles. The summed E-state index contributed by atoms with van der Waals surface area (Å²) >= 11 is 3.55. The van der Waals surface area contributed by atoms with Gasteiger partial charge in [-0.1, -0.05) is 34.1 Å². The van der Waals surface area contributed by atoms with E-state index in [1.807, 2.05) is 18.2 Å². The van der Waals surface area contributed by atoms with Crippen molar-refractivity contribution in [1.82, 2.24) is 0 Å². The van der Waals surface area contributed by atoms with Crippen LogP contribution in [0.25, 0.3) is 0 Å². The molecule has 0 radical (unpaired) electrons. The fraction of sp³-hybridized carbons (Fsp3) is 0.250. The van der Waals surface area contributed by atoms with Crippen molar-refractivity contribution in [2.45, 2.75) is 20.0 Å². The molecule has 2 nitrogen and oxygen atoms in total. The van der Waals surface area contributed by atoms with Crippen LogP contribution < -0.4 is 9.47 Å². The van der Waals surface area contributed by atoms with Crippen LogP contribution in [0, 0.1) is 6.92 Å². The smallest absolute Gasteiger partial charge is 0.129 e. The molecule has 98 valence electrons. The molecule has 3 heteroatoms. The molecule has 0 N–H and O–H groups in total. The van der Waals surface area contributed by atoms with Crippen molar-refractivity contribution in [3.63, 3.8) is 0 Å². The molecule has 19 heavy (non-hydrogen) atoms. The average molecular weight is 319 g/mol. The van der Waals surface area contributed by atoms with Gasteiger partial charge in [0.05, 0.1) is 6.61 Å². The van der Waals surface area contributed by atoms with E-state index >= 15 is 0 Å². The fourth-order valence-electron chi connectivity index (χ4n) is 2.33. The molecule has 1 heterocycles. The van der Waals surface area contributed by atoms with Gasteiger partial charge in [-0.05, 0) is 36.2 Å². The Morgan fingerprint density at radius 3 is 2.95 bits per heavy atom. The van der Waals surface area contributed by atoms with Gasteiger partial charge in [0.1, 0.15) is 18.1 Å². The summed E-state index contributed by atoms with van der Waals surface area (Å²) in [6.07, 6.45) is 0.978. The minimum absolute atomic E-state index is 0.534. The molecule has 0 unspecified atom stereocenters. The van der Waals surface area contributed by atoms with Gasteiger partial charge in [0.2, 0.25) is 0 Å². The summed E-state index contributed by atoms with van der Waals surface area (Å²) < 4.78 is 12.7. The quantitative estimate of drug-likeness (QED) is 0.841. The number of rotatable bonds is 3. The molecule has 3 rings (SSSR count). The Balaban J connectivity index is 1.83. The van der Waals surface area contributed by atoms with E-state index < -0.39 is 0 Å². The standard InChI is InChI=1S/C16H15BrO2/c1-11-4-2-3-5-15(11)19-10-13-9-14(17)8-12-6-7-18-16(12)13/h2-5,8-9H,6-7,10H2,1H3. The zero-order chi connectivity index (χ0) is 13.2. The Morgan fingerprint density at radius 1 is 1.26 bits per heavy atom. The maximum absolute atomic E-state index is 5.90. The first-order valence-corrected chi connectivity index (χ1v) is 7.16. The molecule has 2 aromatic rings. The largest absolute Gasteiger partial charge is 0.493 e. The molecular weight excluding hydrogens is 304 g/mol. The van der Waals surface area contributed by atoms with E-state index in [9.17, 15) is 0 Å². The van der Waals surface area contributed by atoms with Crippen LogP contribution in [0.15, 0.2) is 40.9 Å². The number of halogens is 1. The Bertz CT molecular complexity index is 608. The van der Waals surface area contributed by atoms with Crippen molar-refractivity contribution in [3.8, 4) is 11.5 Å². The lowest BCUT2D eigenvalue weighted by Crippen LogP contribution is -1.99. The van der Waals surface area contributed by atoms with E-state index in [1.54, 1.807) is 0 Å². The van der Waals surface area contributed by atoms with E-state index in [2.05, 4.69) is 41.1 Å². The molecule has 0 amide bonds. The summed E-state index contributed by atoms with van der Waals surface area (Å²) in [5.74, 6) is 1.92. The van der Waals surface area contributed by atoms with Gasteiger partial charge in [0.15, 0.2) is 0 Å². The first-order chi connectivity index (χ1) is 9.24.